The number of H-pyrrole nitrogens is 2. The van der Waals surface area contributed by atoms with Crippen molar-refractivity contribution < 1.29 is 104 Å². The van der Waals surface area contributed by atoms with Crippen LogP contribution in [0, 0.1) is 0 Å². The van der Waals surface area contributed by atoms with Crippen LogP contribution in [0.5, 0.6) is 23.0 Å². The van der Waals surface area contributed by atoms with Crippen molar-refractivity contribution in [3.63, 3.8) is 0 Å². The van der Waals surface area contributed by atoms with Crippen molar-refractivity contribution in [3.8, 4) is 67.5 Å². The van der Waals surface area contributed by atoms with E-state index in [1.807, 2.05) is 0 Å². The van der Waals surface area contributed by atoms with Crippen LogP contribution in [-0.2, 0) is 0 Å². The van der Waals surface area contributed by atoms with E-state index in [0.29, 0.717) is 6.61 Å². The van der Waals surface area contributed by atoms with Crippen LogP contribution < -0.4 is 90.9 Å². The molecule has 3 saturated heterocycles. The van der Waals surface area contributed by atoms with Gasteiger partial charge in [0, 0.05) is 82.8 Å². The molecule has 2 N–H and O–H groups in total. The first-order chi connectivity index (χ1) is 41.7. The van der Waals surface area contributed by atoms with E-state index in [1.54, 1.807) is 0 Å². The average molecular weight is 1540 g/mol. The summed E-state index contributed by atoms with van der Waals surface area (Å²) in [5.41, 5.74) is 15.4. The Balaban J connectivity index is 0.00000314. The predicted molar refractivity (Wildman–Crippen MR) is 355 cm³/mol. The Morgan fingerprint density at radius 2 is 0.629 bits per heavy atom. The lowest BCUT2D eigenvalue weighted by Gasteiger charge is -2.37. The maximum Gasteiger partial charge on any atom is 0.119 e. The van der Waals surface area contributed by atoms with Crippen LogP contribution in [0.15, 0.2) is 121 Å². The quantitative estimate of drug-likeness (QED) is 0.0462. The number of quaternary nitrogens is 3. The van der Waals surface area contributed by atoms with Crippen molar-refractivity contribution >= 4 is 46.4 Å². The summed E-state index contributed by atoms with van der Waals surface area (Å²) in [4.78, 5) is 19.2. The molecule has 0 spiro atoms. The van der Waals surface area contributed by atoms with Crippen LogP contribution in [0.2, 0.25) is 0 Å². The lowest BCUT2D eigenvalue weighted by molar-refractivity contribution is -0.895. The van der Waals surface area contributed by atoms with E-state index < -0.39 is 0 Å². The molecule has 0 aliphatic carbocycles. The number of hydrogen-bond acceptors (Lipinski definition) is 6. The third-order valence-corrected chi connectivity index (χ3v) is 18.8. The molecule has 3 aromatic heterocycles. The van der Waals surface area contributed by atoms with E-state index >= 15 is 0 Å². The van der Waals surface area contributed by atoms with E-state index in [1.165, 1.54) is 44.9 Å². The van der Waals surface area contributed by atoms with Gasteiger partial charge in [0.05, 0.1) is 111 Å². The summed E-state index contributed by atoms with van der Waals surface area (Å²) in [5.74, 6) is 3.55. The Bertz CT molecular complexity index is 3520. The number of hydrogen-bond donors (Lipinski definition) is 2. The summed E-state index contributed by atoms with van der Waals surface area (Å²) in [6.45, 7) is 9.66. The second-order valence-corrected chi connectivity index (χ2v) is 27.0. The summed E-state index contributed by atoms with van der Waals surface area (Å²) >= 11 is 0. The molecule has 8 heterocycles. The van der Waals surface area contributed by atoms with Crippen LogP contribution >= 0.6 is 0 Å². The van der Waals surface area contributed by atoms with Crippen LogP contribution in [0.4, 0.5) is 0 Å². The molecule has 0 amide bonds. The fourth-order valence-electron chi connectivity index (χ4n) is 13.3. The molecule has 12 rings (SSSR count). The lowest BCUT2D eigenvalue weighted by atomic mass is 10.0. The number of piperidine rings is 3. The van der Waals surface area contributed by atoms with Crippen molar-refractivity contribution in [2.24, 2.45) is 0 Å². The third kappa shape index (κ3) is 17.1. The smallest absolute Gasteiger partial charge is 0.119 e. The monoisotopic (exact) mass is 1540 g/mol. The number of rotatable bonds is 20. The van der Waals surface area contributed by atoms with Gasteiger partial charge in [0.25, 0.3) is 0 Å². The number of likely N-dealkylation sites (tertiary alicyclic amines) is 3. The van der Waals surface area contributed by atoms with E-state index in [-0.39, 0.29) is 90.2 Å². The van der Waals surface area contributed by atoms with Crippen LogP contribution in [0.3, 0.4) is 0 Å². The topological polar surface area (TPSA) is 94.3 Å². The highest BCUT2D eigenvalue weighted by Gasteiger charge is 2.30. The molecule has 0 unspecified atom stereocenters. The van der Waals surface area contributed by atoms with Gasteiger partial charge in [-0.3, -0.25) is 0 Å². The molecular formula is C75H92I3N7O4. The zero-order valence-electron chi connectivity index (χ0n) is 53.4. The normalized spacial score (nSPS) is 17.0. The number of nitrogens with one attached hydrogen (secondary N) is 2. The van der Waals surface area contributed by atoms with Gasteiger partial charge in [0.1, 0.15) is 41.3 Å². The Morgan fingerprint density at radius 3 is 0.978 bits per heavy atom. The zero-order valence-corrected chi connectivity index (χ0v) is 59.9. The molecule has 3 fully saturated rings. The fraction of sp³-hybridized carbons (Fsp3) is 0.413. The molecule has 0 radical (unpaired) electrons. The van der Waals surface area contributed by atoms with E-state index in [2.05, 4.69) is 205 Å². The first-order valence-corrected chi connectivity index (χ1v) is 32.4. The molecule has 8 bridgehead atoms. The maximum atomic E-state index is 6.67. The molecule has 14 heteroatoms. The number of ether oxygens (including phenoxy) is 4. The second-order valence-electron chi connectivity index (χ2n) is 27.0. The summed E-state index contributed by atoms with van der Waals surface area (Å²) in [5, 5.41) is 0. The highest BCUT2D eigenvalue weighted by atomic mass is 127. The molecule has 0 atom stereocenters. The van der Waals surface area contributed by atoms with Crippen LogP contribution in [0.1, 0.15) is 120 Å². The van der Waals surface area contributed by atoms with Gasteiger partial charge in [-0.1, -0.05) is 100 Å². The van der Waals surface area contributed by atoms with Gasteiger partial charge in [-0.25, -0.2) is 9.97 Å². The molecule has 0 saturated carbocycles. The number of halogens is 3. The first-order valence-electron chi connectivity index (χ1n) is 32.4. The fourth-order valence-corrected chi connectivity index (χ4v) is 13.3. The lowest BCUT2D eigenvalue weighted by Crippen LogP contribution is -3.00. The number of aromatic nitrogens is 4. The Morgan fingerprint density at radius 1 is 0.348 bits per heavy atom. The van der Waals surface area contributed by atoms with Gasteiger partial charge in [0.15, 0.2) is 0 Å². The molecule has 11 nitrogen and oxygen atoms in total. The van der Waals surface area contributed by atoms with Crippen molar-refractivity contribution in [1.29, 1.82) is 0 Å². The summed E-state index contributed by atoms with van der Waals surface area (Å²) < 4.78 is 29.5. The van der Waals surface area contributed by atoms with Gasteiger partial charge >= 0.3 is 0 Å². The number of aromatic amines is 2. The second kappa shape index (κ2) is 30.5. The van der Waals surface area contributed by atoms with Crippen LogP contribution in [0.25, 0.3) is 90.9 Å². The molecule has 7 aromatic rings. The van der Waals surface area contributed by atoms with Crippen molar-refractivity contribution in [2.45, 2.75) is 115 Å². The van der Waals surface area contributed by atoms with Gasteiger partial charge < -0.3 is 114 Å². The molecule has 5 aliphatic heterocycles. The standard InChI is InChI=1S/C75H92N7O4.3HI/c1-8-9-10-11-12-13-14-15-52-83-57-24-16-53(17-25-57)72-64-32-34-66(76-64)73(54-18-26-58(27-19-54)84-61-40-46-80(2,3)47-41-61)68-36-38-70(78-68)75(56-22-30-60(31-23-56)86-63-44-50-82(6,7)51-45-63)71-39-37-69(79-71)74(67-35-33-65(72)77-67)55-20-28-59(29-21-55)85-62-42-48-81(4,5)49-43-62;;;/h16-39,61-63,76-77H,8-15,40-52H2,1-7H3;3*1H/q+3;;;/p-3. The predicted octanol–water partition coefficient (Wildman–Crippen LogP) is 7.71. The number of fused-ring (bicyclic) bond motifs is 8. The van der Waals surface area contributed by atoms with Gasteiger partial charge in [-0.05, 0) is 126 Å². The van der Waals surface area contributed by atoms with Crippen molar-refractivity contribution in [1.82, 2.24) is 19.9 Å². The number of benzene rings is 4. The SMILES string of the molecule is CCCCCCCCCCOc1ccc(-c2c3ccc([nH]3)c(-c3ccc(OC4CC[N+](C)(C)CC4)cc3)c3nc(c(-c4ccc(OC5CC[N+](C)(C)CC5)cc4)c4nc(c(-c5ccc(OC6CC[N+](C)(C)CC6)cc5)c5ccc2[nH]5)C=C4)C=C3)cc1.[I-].[I-].[I-]. The Hall–Kier alpha value is -5.25. The first kappa shape index (κ1) is 68.1. The molecule has 4 aromatic carbocycles. The number of nitrogens with zero attached hydrogens (tertiary/aromatic N) is 5. The average Bonchev–Trinajstić information content (AvgIpc) is 1.77. The molecular weight excluding hydrogens is 1440 g/mol. The summed E-state index contributed by atoms with van der Waals surface area (Å²) in [6.07, 6.45) is 25.7. The van der Waals surface area contributed by atoms with Gasteiger partial charge in [-0.15, -0.1) is 0 Å². The Kier molecular flexibility index (Phi) is 23.3. The molecule has 89 heavy (non-hydrogen) atoms. The minimum atomic E-state index is 0. The van der Waals surface area contributed by atoms with E-state index in [4.69, 9.17) is 28.9 Å². The molecule has 472 valence electrons. The summed E-state index contributed by atoms with van der Waals surface area (Å²) in [7, 11) is 13.9. The van der Waals surface area contributed by atoms with E-state index in [0.717, 1.165) is 210 Å². The highest BCUT2D eigenvalue weighted by Crippen LogP contribution is 2.40. The minimum absolute atomic E-state index is 0. The van der Waals surface area contributed by atoms with Crippen LogP contribution in [-0.4, -0.2) is 140 Å². The largest absolute Gasteiger partial charge is 1.00 e. The van der Waals surface area contributed by atoms with E-state index in [9.17, 15) is 0 Å². The van der Waals surface area contributed by atoms with Crippen molar-refractivity contribution in [3.05, 3.63) is 144 Å². The van der Waals surface area contributed by atoms with Crippen molar-refractivity contribution in [2.75, 3.05) is 88.2 Å². The highest BCUT2D eigenvalue weighted by molar-refractivity contribution is 6.00. The third-order valence-electron chi connectivity index (χ3n) is 18.8. The minimum Gasteiger partial charge on any atom is -1.00 e. The summed E-state index contributed by atoms with van der Waals surface area (Å²) in [6, 6.07) is 43.4. The maximum absolute atomic E-state index is 6.67. The zero-order chi connectivity index (χ0) is 59.3. The van der Waals surface area contributed by atoms with Gasteiger partial charge in [-0.2, -0.15) is 0 Å². The molecule has 5 aliphatic rings. The number of unbranched alkanes of at least 4 members (excludes halogenated alkanes) is 7. The Labute approximate surface area is 580 Å². The van der Waals surface area contributed by atoms with Gasteiger partial charge in [0.2, 0.25) is 0 Å².